The van der Waals surface area contributed by atoms with E-state index in [1.807, 2.05) is 74.5 Å². The summed E-state index contributed by atoms with van der Waals surface area (Å²) in [7, 11) is 3.41. The Bertz CT molecular complexity index is 2000. The van der Waals surface area contributed by atoms with Crippen LogP contribution < -0.4 is 31.1 Å². The van der Waals surface area contributed by atoms with Gasteiger partial charge >= 0.3 is 24.0 Å². The van der Waals surface area contributed by atoms with Crippen LogP contribution in [0.5, 0.6) is 0 Å². The zero-order chi connectivity index (χ0) is 40.7. The average molecular weight is 794 g/mol. The fourth-order valence-electron chi connectivity index (χ4n) is 5.47. The maximum atomic E-state index is 12.9. The monoisotopic (exact) mass is 793 g/mol. The highest BCUT2D eigenvalue weighted by Gasteiger charge is 2.18. The molecule has 5 rings (SSSR count). The molecule has 1 aromatic heterocycles. The van der Waals surface area contributed by atoms with Crippen molar-refractivity contribution in [3.8, 4) is 0 Å². The highest BCUT2D eigenvalue weighted by atomic mass is 35.5. The Hall–Kier alpha value is -6.74. The molecule has 0 saturated heterocycles. The second kappa shape index (κ2) is 20.3. The summed E-state index contributed by atoms with van der Waals surface area (Å²) in [5.74, 6) is -0.777. The first-order valence-corrected chi connectivity index (χ1v) is 18.5. The molecule has 2 atom stereocenters. The molecule has 0 unspecified atom stereocenters. The fourth-order valence-corrected chi connectivity index (χ4v) is 5.62. The van der Waals surface area contributed by atoms with Crippen LogP contribution in [0.3, 0.4) is 0 Å². The Labute approximate surface area is 335 Å². The second-order valence-electron chi connectivity index (χ2n) is 12.8. The van der Waals surface area contributed by atoms with E-state index in [1.165, 1.54) is 0 Å². The third-order valence-electron chi connectivity index (χ3n) is 8.66. The Morgan fingerprint density at radius 1 is 0.596 bits per heavy atom. The zero-order valence-electron chi connectivity index (χ0n) is 31.9. The number of aromatic nitrogens is 3. The molecule has 0 bridgehead atoms. The Morgan fingerprint density at radius 3 is 1.40 bits per heavy atom. The van der Waals surface area contributed by atoms with Gasteiger partial charge in [0.05, 0.1) is 36.3 Å². The van der Waals surface area contributed by atoms with Crippen LogP contribution in [-0.4, -0.2) is 79.4 Å². The molecule has 4 N–H and O–H groups in total. The van der Waals surface area contributed by atoms with Gasteiger partial charge in [-0.25, -0.2) is 19.2 Å². The lowest BCUT2D eigenvalue weighted by atomic mass is 10.1. The number of carbonyl (C=O) groups is 4. The van der Waals surface area contributed by atoms with Crippen molar-refractivity contribution in [2.45, 2.75) is 25.9 Å². The van der Waals surface area contributed by atoms with Crippen molar-refractivity contribution in [1.29, 1.82) is 0 Å². The predicted octanol–water partition coefficient (Wildman–Crippen LogP) is 6.50. The largest absolute Gasteiger partial charge is 0.460 e. The van der Waals surface area contributed by atoms with Crippen LogP contribution in [0.25, 0.3) is 0 Å². The molecule has 5 aromatic rings. The predicted molar refractivity (Wildman–Crippen MR) is 217 cm³/mol. The quantitative estimate of drug-likeness (QED) is 0.0633. The van der Waals surface area contributed by atoms with Crippen molar-refractivity contribution >= 4 is 58.9 Å². The van der Waals surface area contributed by atoms with Gasteiger partial charge in [0.25, 0.3) is 0 Å². The summed E-state index contributed by atoms with van der Waals surface area (Å²) in [4.78, 5) is 66.8. The number of nitrogens with one attached hydrogen (secondary N) is 4. The van der Waals surface area contributed by atoms with Crippen molar-refractivity contribution in [1.82, 2.24) is 36.2 Å². The first kappa shape index (κ1) is 41.4. The Balaban J connectivity index is 1.12. The minimum Gasteiger partial charge on any atom is -0.460 e. The number of urea groups is 2. The molecule has 16 heteroatoms. The van der Waals surface area contributed by atoms with Crippen LogP contribution in [0.4, 0.5) is 32.9 Å². The minimum atomic E-state index is -0.576. The molecule has 0 spiro atoms. The highest BCUT2D eigenvalue weighted by Crippen LogP contribution is 2.27. The van der Waals surface area contributed by atoms with Gasteiger partial charge in [0.2, 0.25) is 17.2 Å². The van der Waals surface area contributed by atoms with Gasteiger partial charge in [0.15, 0.2) is 0 Å². The molecule has 0 aliphatic carbocycles. The molecule has 4 aromatic carbocycles. The molecule has 0 saturated carbocycles. The van der Waals surface area contributed by atoms with Crippen molar-refractivity contribution < 1.29 is 28.7 Å². The van der Waals surface area contributed by atoms with Crippen LogP contribution >= 0.6 is 11.6 Å². The summed E-state index contributed by atoms with van der Waals surface area (Å²) in [6, 6.07) is 31.4. The lowest BCUT2D eigenvalue weighted by Crippen LogP contribution is -2.38. The van der Waals surface area contributed by atoms with Crippen molar-refractivity contribution in [3.05, 3.63) is 137 Å². The SMILES string of the molecule is C[C@H](NC(=O)NCCOC(=O)c1cccc(N(C)c2nc(Cl)nc(N(C)c3cccc(C(=O)OCCNC(=O)N[C@@H](C)c4ccccc4)c3)n2)c1)c1ccccc1. The van der Waals surface area contributed by atoms with Crippen LogP contribution in [-0.2, 0) is 9.47 Å². The van der Waals surface area contributed by atoms with Crippen LogP contribution in [0.15, 0.2) is 109 Å². The summed E-state index contributed by atoms with van der Waals surface area (Å²) in [6.45, 7) is 3.93. The maximum Gasteiger partial charge on any atom is 0.338 e. The number of benzene rings is 4. The lowest BCUT2D eigenvalue weighted by Gasteiger charge is -2.22. The van der Waals surface area contributed by atoms with Crippen molar-refractivity contribution in [2.24, 2.45) is 0 Å². The van der Waals surface area contributed by atoms with Gasteiger partial charge in [-0.2, -0.15) is 15.0 Å². The van der Waals surface area contributed by atoms with Gasteiger partial charge in [-0.1, -0.05) is 72.8 Å². The number of amides is 4. The van der Waals surface area contributed by atoms with E-state index in [2.05, 4.69) is 36.2 Å². The Morgan fingerprint density at radius 2 is 1.00 bits per heavy atom. The first-order chi connectivity index (χ1) is 27.5. The molecular weight excluding hydrogens is 750 g/mol. The third kappa shape index (κ3) is 12.1. The number of halogens is 1. The van der Waals surface area contributed by atoms with Crippen molar-refractivity contribution in [3.63, 3.8) is 0 Å². The zero-order valence-corrected chi connectivity index (χ0v) is 32.7. The van der Waals surface area contributed by atoms with E-state index in [0.717, 1.165) is 11.1 Å². The van der Waals surface area contributed by atoms with E-state index >= 15 is 0 Å². The molecule has 0 aliphatic heterocycles. The van der Waals surface area contributed by atoms with Crippen LogP contribution in [0, 0.1) is 0 Å². The van der Waals surface area contributed by atoms with Crippen LogP contribution in [0.2, 0.25) is 5.28 Å². The molecule has 0 radical (unpaired) electrons. The number of esters is 2. The van der Waals surface area contributed by atoms with E-state index in [9.17, 15) is 19.2 Å². The van der Waals surface area contributed by atoms with Gasteiger partial charge < -0.3 is 40.5 Å². The van der Waals surface area contributed by atoms with Gasteiger partial charge in [-0.05, 0) is 73.0 Å². The summed E-state index contributed by atoms with van der Waals surface area (Å²) in [5, 5.41) is 11.0. The summed E-state index contributed by atoms with van der Waals surface area (Å²) >= 11 is 6.35. The summed E-state index contributed by atoms with van der Waals surface area (Å²) < 4.78 is 10.8. The van der Waals surface area contributed by atoms with Crippen molar-refractivity contribution in [2.75, 3.05) is 50.2 Å². The number of ether oxygens (including phenoxy) is 2. The smallest absolute Gasteiger partial charge is 0.338 e. The number of hydrogen-bond acceptors (Lipinski definition) is 11. The van der Waals surface area contributed by atoms with Gasteiger partial charge in [-0.15, -0.1) is 0 Å². The minimum absolute atomic E-state index is 0.0331. The number of anilines is 4. The van der Waals surface area contributed by atoms with Gasteiger partial charge in [0, 0.05) is 25.5 Å². The van der Waals surface area contributed by atoms with E-state index in [-0.39, 0.29) is 78.8 Å². The first-order valence-electron chi connectivity index (χ1n) is 18.1. The molecule has 0 fully saturated rings. The number of nitrogens with zero attached hydrogens (tertiary/aromatic N) is 5. The molecule has 296 valence electrons. The average Bonchev–Trinajstić information content (AvgIpc) is 3.23. The second-order valence-corrected chi connectivity index (χ2v) is 13.1. The number of carbonyl (C=O) groups excluding carboxylic acids is 4. The van der Waals surface area contributed by atoms with Gasteiger partial charge in [0.1, 0.15) is 13.2 Å². The topological polar surface area (TPSA) is 180 Å². The van der Waals surface area contributed by atoms with E-state index in [1.54, 1.807) is 72.4 Å². The summed E-state index contributed by atoms with van der Waals surface area (Å²) in [5.41, 5.74) is 3.62. The molecule has 1 heterocycles. The van der Waals surface area contributed by atoms with E-state index in [4.69, 9.17) is 21.1 Å². The number of rotatable bonds is 16. The lowest BCUT2D eigenvalue weighted by molar-refractivity contribution is 0.0501. The highest BCUT2D eigenvalue weighted by molar-refractivity contribution is 6.28. The number of hydrogen-bond donors (Lipinski definition) is 4. The summed E-state index contributed by atoms with van der Waals surface area (Å²) in [6.07, 6.45) is 0. The van der Waals surface area contributed by atoms with Crippen LogP contribution in [0.1, 0.15) is 57.8 Å². The fraction of sp³-hybridized carbons (Fsp3) is 0.244. The molecular formula is C41H44ClN9O6. The molecule has 0 aliphatic rings. The van der Waals surface area contributed by atoms with E-state index < -0.39 is 11.9 Å². The van der Waals surface area contributed by atoms with E-state index in [0.29, 0.717) is 11.4 Å². The normalized spacial score (nSPS) is 11.7. The van der Waals surface area contributed by atoms with Gasteiger partial charge in [-0.3, -0.25) is 0 Å². The molecule has 15 nitrogen and oxygen atoms in total. The maximum absolute atomic E-state index is 12.9. The molecule has 57 heavy (non-hydrogen) atoms. The molecule has 4 amide bonds. The third-order valence-corrected chi connectivity index (χ3v) is 8.83. The standard InChI is InChI=1S/C41H44ClN9O6/c1-27(29-13-7-5-8-14-29)45-40(54)43-21-23-56-35(52)31-17-11-19-33(25-31)50(3)38-47-37(42)48-39(49-38)51(4)34-20-12-18-32(26-34)36(53)57-24-22-44-41(55)46-28(2)30-15-9-6-10-16-30/h5-20,25-28H,21-24H2,1-4H3,(H2,43,45,54)(H2,44,46,55)/t27-,28-/m0/s1. The Kier molecular flexibility index (Phi) is 14.7.